The van der Waals surface area contributed by atoms with Crippen LogP contribution in [0, 0.1) is 0 Å². The van der Waals surface area contributed by atoms with E-state index >= 15 is 0 Å². The van der Waals surface area contributed by atoms with Crippen molar-refractivity contribution in [1.82, 2.24) is 14.8 Å². The van der Waals surface area contributed by atoms with Crippen LogP contribution in [0.15, 0.2) is 29.7 Å². The highest BCUT2D eigenvalue weighted by Gasteiger charge is 2.37. The van der Waals surface area contributed by atoms with Crippen LogP contribution in [0.3, 0.4) is 0 Å². The molecule has 1 N–H and O–H groups in total. The summed E-state index contributed by atoms with van der Waals surface area (Å²) in [5.74, 6) is 1.47. The van der Waals surface area contributed by atoms with Crippen molar-refractivity contribution in [2.75, 3.05) is 33.8 Å². The summed E-state index contributed by atoms with van der Waals surface area (Å²) in [5, 5.41) is 7.45. The number of esters is 1. The lowest BCUT2D eigenvalue weighted by Crippen LogP contribution is -2.30. The van der Waals surface area contributed by atoms with Crippen LogP contribution in [-0.2, 0) is 9.53 Å². The molecule has 1 atom stereocenters. The van der Waals surface area contributed by atoms with E-state index in [1.165, 1.54) is 27.7 Å². The number of hydrogen-bond acceptors (Lipinski definition) is 8. The fourth-order valence-electron chi connectivity index (χ4n) is 3.27. The van der Waals surface area contributed by atoms with Gasteiger partial charge in [0.25, 0.3) is 0 Å². The number of carbonyl (C=O) groups excluding carboxylic acids is 1. The maximum Gasteiger partial charge on any atom is 0.338 e. The lowest BCUT2D eigenvalue weighted by molar-refractivity contribution is -0.136. The van der Waals surface area contributed by atoms with Gasteiger partial charge < -0.3 is 24.3 Å². The number of anilines is 1. The minimum Gasteiger partial charge on any atom is -0.493 e. The standard InChI is InChI=1S/C18H22N4O5/c1-6-11-13(17(23)27-5)14(22-18(21-11)19-9-20-22)10-7-8-12(24-2)16(26-4)15(10)25-3/h7-9,14H,6H2,1-5H3,(H,19,20,21)/t14-/m1/s1. The zero-order chi connectivity index (χ0) is 19.6. The van der Waals surface area contributed by atoms with Crippen LogP contribution < -0.4 is 19.5 Å². The fraction of sp³-hybridized carbons (Fsp3) is 0.389. The number of methoxy groups -OCH3 is 4. The molecule has 0 radical (unpaired) electrons. The Morgan fingerprint density at radius 2 is 1.89 bits per heavy atom. The summed E-state index contributed by atoms with van der Waals surface area (Å²) in [5.41, 5.74) is 1.82. The van der Waals surface area contributed by atoms with Gasteiger partial charge in [0.1, 0.15) is 12.4 Å². The molecule has 0 saturated carbocycles. The van der Waals surface area contributed by atoms with Crippen LogP contribution in [0.2, 0.25) is 0 Å². The number of nitrogens with one attached hydrogen (secondary N) is 1. The quantitative estimate of drug-likeness (QED) is 0.769. The van der Waals surface area contributed by atoms with Gasteiger partial charge in [-0.3, -0.25) is 0 Å². The highest BCUT2D eigenvalue weighted by atomic mass is 16.5. The van der Waals surface area contributed by atoms with Crippen LogP contribution in [0.5, 0.6) is 17.2 Å². The van der Waals surface area contributed by atoms with E-state index in [9.17, 15) is 4.79 Å². The monoisotopic (exact) mass is 374 g/mol. The fourth-order valence-corrected chi connectivity index (χ4v) is 3.27. The predicted molar refractivity (Wildman–Crippen MR) is 97.2 cm³/mol. The molecule has 1 aromatic carbocycles. The number of carbonyl (C=O) groups is 1. The summed E-state index contributed by atoms with van der Waals surface area (Å²) < 4.78 is 23.1. The van der Waals surface area contributed by atoms with Crippen molar-refractivity contribution in [2.24, 2.45) is 0 Å². The van der Waals surface area contributed by atoms with Gasteiger partial charge in [0, 0.05) is 11.3 Å². The molecule has 0 spiro atoms. The van der Waals surface area contributed by atoms with Gasteiger partial charge in [-0.05, 0) is 18.6 Å². The molecule has 27 heavy (non-hydrogen) atoms. The Kier molecular flexibility index (Phi) is 5.20. The van der Waals surface area contributed by atoms with Gasteiger partial charge in [0.15, 0.2) is 11.5 Å². The molecular weight excluding hydrogens is 352 g/mol. The first-order chi connectivity index (χ1) is 13.1. The summed E-state index contributed by atoms with van der Waals surface area (Å²) in [6.07, 6.45) is 2.01. The second kappa shape index (κ2) is 7.56. The van der Waals surface area contributed by atoms with Crippen LogP contribution in [-0.4, -0.2) is 49.2 Å². The van der Waals surface area contributed by atoms with Gasteiger partial charge in [-0.2, -0.15) is 10.1 Å². The van der Waals surface area contributed by atoms with Gasteiger partial charge in [-0.15, -0.1) is 0 Å². The van der Waals surface area contributed by atoms with Crippen LogP contribution in [0.1, 0.15) is 24.9 Å². The normalized spacial score (nSPS) is 15.7. The molecule has 0 amide bonds. The van der Waals surface area contributed by atoms with Gasteiger partial charge in [0.2, 0.25) is 11.7 Å². The molecule has 1 aliphatic heterocycles. The van der Waals surface area contributed by atoms with E-state index in [1.807, 2.05) is 13.0 Å². The molecule has 0 unspecified atom stereocenters. The number of aromatic nitrogens is 3. The molecule has 0 fully saturated rings. The molecule has 9 heteroatoms. The second-order valence-electron chi connectivity index (χ2n) is 5.72. The first-order valence-electron chi connectivity index (χ1n) is 8.37. The number of rotatable bonds is 6. The van der Waals surface area contributed by atoms with Crippen molar-refractivity contribution in [3.63, 3.8) is 0 Å². The van der Waals surface area contributed by atoms with Crippen molar-refractivity contribution in [3.05, 3.63) is 35.3 Å². The first kappa shape index (κ1) is 18.6. The van der Waals surface area contributed by atoms with Crippen molar-refractivity contribution in [3.8, 4) is 17.2 Å². The highest BCUT2D eigenvalue weighted by molar-refractivity contribution is 5.92. The van der Waals surface area contributed by atoms with Crippen LogP contribution in [0.4, 0.5) is 5.95 Å². The summed E-state index contributed by atoms with van der Waals surface area (Å²) >= 11 is 0. The molecule has 3 rings (SSSR count). The average molecular weight is 374 g/mol. The predicted octanol–water partition coefficient (Wildman–Crippen LogP) is 2.16. The lowest BCUT2D eigenvalue weighted by Gasteiger charge is -2.30. The van der Waals surface area contributed by atoms with Crippen LogP contribution in [0.25, 0.3) is 0 Å². The van der Waals surface area contributed by atoms with Crippen molar-refractivity contribution in [2.45, 2.75) is 19.4 Å². The van der Waals surface area contributed by atoms with Crippen molar-refractivity contribution >= 4 is 11.9 Å². The van der Waals surface area contributed by atoms with Crippen molar-refractivity contribution < 1.29 is 23.7 Å². The Morgan fingerprint density at radius 1 is 1.15 bits per heavy atom. The lowest BCUT2D eigenvalue weighted by atomic mass is 9.93. The van der Waals surface area contributed by atoms with Crippen molar-refractivity contribution in [1.29, 1.82) is 0 Å². The Morgan fingerprint density at radius 3 is 2.48 bits per heavy atom. The highest BCUT2D eigenvalue weighted by Crippen LogP contribution is 2.46. The number of allylic oxidation sites excluding steroid dienone is 1. The molecule has 1 aromatic heterocycles. The third-order valence-corrected chi connectivity index (χ3v) is 4.47. The number of hydrogen-bond donors (Lipinski definition) is 1. The molecular formula is C18H22N4O5. The SMILES string of the molecule is CCC1=C(C(=O)OC)[C@@H](c2ccc(OC)c(OC)c2OC)n2ncnc2N1. The minimum atomic E-state index is -0.596. The zero-order valence-electron chi connectivity index (χ0n) is 15.9. The molecule has 144 valence electrons. The molecule has 1 aliphatic rings. The molecule has 9 nitrogen and oxygen atoms in total. The van der Waals surface area contributed by atoms with E-state index < -0.39 is 12.0 Å². The maximum absolute atomic E-state index is 12.7. The largest absolute Gasteiger partial charge is 0.493 e. The molecule has 0 saturated heterocycles. The Hall–Kier alpha value is -3.23. The topological polar surface area (TPSA) is 96.7 Å². The van der Waals surface area contributed by atoms with Gasteiger partial charge in [0.05, 0.1) is 34.0 Å². The maximum atomic E-state index is 12.7. The number of ether oxygens (including phenoxy) is 4. The first-order valence-corrected chi connectivity index (χ1v) is 8.37. The molecule has 0 bridgehead atoms. The summed E-state index contributed by atoms with van der Waals surface area (Å²) in [6.45, 7) is 1.94. The second-order valence-corrected chi connectivity index (χ2v) is 5.72. The summed E-state index contributed by atoms with van der Waals surface area (Å²) in [4.78, 5) is 16.9. The van der Waals surface area contributed by atoms with E-state index in [0.29, 0.717) is 46.5 Å². The number of nitrogens with zero attached hydrogens (tertiary/aromatic N) is 3. The van der Waals surface area contributed by atoms with Gasteiger partial charge >= 0.3 is 5.97 Å². The van der Waals surface area contributed by atoms with Gasteiger partial charge in [-0.1, -0.05) is 6.92 Å². The van der Waals surface area contributed by atoms with Gasteiger partial charge in [-0.25, -0.2) is 9.48 Å². The molecule has 2 aromatic rings. The van der Waals surface area contributed by atoms with E-state index in [1.54, 1.807) is 17.9 Å². The van der Waals surface area contributed by atoms with E-state index in [-0.39, 0.29) is 0 Å². The van der Waals surface area contributed by atoms with E-state index in [2.05, 4.69) is 15.4 Å². The third-order valence-electron chi connectivity index (χ3n) is 4.47. The summed E-state index contributed by atoms with van der Waals surface area (Å²) in [7, 11) is 5.96. The Labute approximate surface area is 156 Å². The Bertz CT molecular complexity index is 890. The van der Waals surface area contributed by atoms with Crippen LogP contribution >= 0.6 is 0 Å². The third kappa shape index (κ3) is 2.94. The number of fused-ring (bicyclic) bond motifs is 1. The zero-order valence-corrected chi connectivity index (χ0v) is 15.9. The van der Waals surface area contributed by atoms with E-state index in [0.717, 1.165) is 0 Å². The molecule has 0 aliphatic carbocycles. The number of benzene rings is 1. The Balaban J connectivity index is 2.30. The average Bonchev–Trinajstić information content (AvgIpc) is 3.18. The molecule has 2 heterocycles. The smallest absolute Gasteiger partial charge is 0.338 e. The minimum absolute atomic E-state index is 0.431. The van der Waals surface area contributed by atoms with E-state index in [4.69, 9.17) is 18.9 Å². The summed E-state index contributed by atoms with van der Waals surface area (Å²) in [6, 6.07) is 2.98.